The first-order valence-corrected chi connectivity index (χ1v) is 11.2. The topological polar surface area (TPSA) is 59.7 Å². The average Bonchev–Trinajstić information content (AvgIpc) is 3.39. The first kappa shape index (κ1) is 25.6. The molecule has 2 heterocycles. The van der Waals surface area contributed by atoms with Crippen LogP contribution < -0.4 is 10.6 Å². The van der Waals surface area contributed by atoms with Crippen LogP contribution in [0.2, 0.25) is 5.02 Å². The van der Waals surface area contributed by atoms with Crippen LogP contribution in [0.5, 0.6) is 0 Å². The fourth-order valence-electron chi connectivity index (χ4n) is 3.53. The van der Waals surface area contributed by atoms with Gasteiger partial charge in [-0.1, -0.05) is 23.7 Å². The molecule has 4 aromatic rings. The Morgan fingerprint density at radius 1 is 0.861 bits per heavy atom. The third kappa shape index (κ3) is 5.19. The third-order valence-electron chi connectivity index (χ3n) is 5.37. The van der Waals surface area contributed by atoms with E-state index in [1.807, 2.05) is 12.1 Å². The largest absolute Gasteiger partial charge is 0.329 e. The molecule has 36 heavy (non-hydrogen) atoms. The standard InChI is InChI=1S/C23H18ClF5N6S/c1-11-22(12(2)35(32-11)10-15-17(25)19(27)21(29)20(28)18(15)26)31-23(36)30-16-7-8-34(33-16)9-13-3-5-14(24)6-4-13/h3-8H,9-10H2,1-2H3,(H2,30,31,33,36). The molecule has 13 heteroatoms. The van der Waals surface area contributed by atoms with Crippen molar-refractivity contribution in [1.29, 1.82) is 0 Å². The van der Waals surface area contributed by atoms with Crippen LogP contribution in [0.25, 0.3) is 0 Å². The van der Waals surface area contributed by atoms with Gasteiger partial charge in [-0.15, -0.1) is 0 Å². The number of hydrogen-bond donors (Lipinski definition) is 2. The summed E-state index contributed by atoms with van der Waals surface area (Å²) in [5.41, 5.74) is 1.19. The first-order valence-electron chi connectivity index (χ1n) is 10.4. The van der Waals surface area contributed by atoms with E-state index in [0.29, 0.717) is 34.5 Å². The van der Waals surface area contributed by atoms with Crippen LogP contribution in [0.15, 0.2) is 36.5 Å². The third-order valence-corrected chi connectivity index (χ3v) is 5.82. The van der Waals surface area contributed by atoms with E-state index in [9.17, 15) is 22.0 Å². The molecule has 0 aliphatic heterocycles. The van der Waals surface area contributed by atoms with E-state index < -0.39 is 41.2 Å². The van der Waals surface area contributed by atoms with E-state index in [-0.39, 0.29) is 5.11 Å². The summed E-state index contributed by atoms with van der Waals surface area (Å²) in [6, 6.07) is 9.07. The highest BCUT2D eigenvalue weighted by Gasteiger charge is 2.26. The lowest BCUT2D eigenvalue weighted by Crippen LogP contribution is -2.20. The van der Waals surface area contributed by atoms with Crippen molar-refractivity contribution in [2.75, 3.05) is 10.6 Å². The molecule has 6 nitrogen and oxygen atoms in total. The van der Waals surface area contributed by atoms with Crippen molar-refractivity contribution < 1.29 is 22.0 Å². The average molecular weight is 541 g/mol. The number of rotatable bonds is 6. The van der Waals surface area contributed by atoms with E-state index in [1.165, 1.54) is 0 Å². The van der Waals surface area contributed by atoms with Gasteiger partial charge in [0.15, 0.2) is 34.2 Å². The number of anilines is 2. The molecule has 0 radical (unpaired) electrons. The predicted octanol–water partition coefficient (Wildman–Crippen LogP) is 5.95. The van der Waals surface area contributed by atoms with Crippen molar-refractivity contribution >= 4 is 40.4 Å². The van der Waals surface area contributed by atoms with Crippen LogP contribution in [0.3, 0.4) is 0 Å². The first-order chi connectivity index (χ1) is 17.0. The minimum Gasteiger partial charge on any atom is -0.329 e. The summed E-state index contributed by atoms with van der Waals surface area (Å²) < 4.78 is 71.5. The van der Waals surface area contributed by atoms with Gasteiger partial charge in [0.25, 0.3) is 0 Å². The summed E-state index contributed by atoms with van der Waals surface area (Å²) in [6.45, 7) is 3.02. The second-order valence-corrected chi connectivity index (χ2v) is 8.70. The molecule has 0 unspecified atom stereocenters. The zero-order valence-electron chi connectivity index (χ0n) is 18.8. The van der Waals surface area contributed by atoms with E-state index in [1.54, 1.807) is 42.9 Å². The molecule has 0 saturated carbocycles. The van der Waals surface area contributed by atoms with Crippen LogP contribution in [0.4, 0.5) is 33.5 Å². The van der Waals surface area contributed by atoms with E-state index in [2.05, 4.69) is 20.8 Å². The molecular formula is C23H18ClF5N6S. The lowest BCUT2D eigenvalue weighted by atomic mass is 10.1. The zero-order chi connectivity index (χ0) is 26.1. The van der Waals surface area contributed by atoms with Crippen molar-refractivity contribution in [2.24, 2.45) is 0 Å². The monoisotopic (exact) mass is 540 g/mol. The Kier molecular flexibility index (Phi) is 7.27. The van der Waals surface area contributed by atoms with Gasteiger partial charge < -0.3 is 10.6 Å². The van der Waals surface area contributed by atoms with Gasteiger partial charge in [0.2, 0.25) is 5.82 Å². The Labute approximate surface area is 212 Å². The Morgan fingerprint density at radius 2 is 1.47 bits per heavy atom. The smallest absolute Gasteiger partial charge is 0.200 e. The van der Waals surface area contributed by atoms with Crippen LogP contribution >= 0.6 is 23.8 Å². The minimum atomic E-state index is -2.21. The normalized spacial score (nSPS) is 11.1. The fourth-order valence-corrected chi connectivity index (χ4v) is 3.86. The number of nitrogens with one attached hydrogen (secondary N) is 2. The molecule has 188 valence electrons. The van der Waals surface area contributed by atoms with Crippen molar-refractivity contribution in [1.82, 2.24) is 19.6 Å². The van der Waals surface area contributed by atoms with Gasteiger partial charge in [0.05, 0.1) is 35.7 Å². The highest BCUT2D eigenvalue weighted by molar-refractivity contribution is 7.80. The van der Waals surface area contributed by atoms with Gasteiger partial charge in [-0.3, -0.25) is 9.36 Å². The number of hydrogen-bond acceptors (Lipinski definition) is 3. The van der Waals surface area contributed by atoms with Crippen molar-refractivity contribution in [3.05, 3.63) is 93.2 Å². The number of benzene rings is 2. The minimum absolute atomic E-state index is 0.161. The molecule has 0 bridgehead atoms. The van der Waals surface area contributed by atoms with Crippen LogP contribution in [0.1, 0.15) is 22.5 Å². The molecule has 0 fully saturated rings. The lowest BCUT2D eigenvalue weighted by molar-refractivity contribution is 0.366. The number of thiocarbonyl (C=S) groups is 1. The Morgan fingerprint density at radius 3 is 2.11 bits per heavy atom. The van der Waals surface area contributed by atoms with Gasteiger partial charge >= 0.3 is 0 Å². The molecule has 0 spiro atoms. The second-order valence-electron chi connectivity index (χ2n) is 7.86. The number of aryl methyl sites for hydroxylation is 1. The van der Waals surface area contributed by atoms with Crippen molar-refractivity contribution in [3.8, 4) is 0 Å². The van der Waals surface area contributed by atoms with Gasteiger partial charge in [0, 0.05) is 17.3 Å². The molecular weight excluding hydrogens is 523 g/mol. The van der Waals surface area contributed by atoms with E-state index >= 15 is 0 Å². The SMILES string of the molecule is Cc1nn(Cc2c(F)c(F)c(F)c(F)c2F)c(C)c1NC(=S)Nc1ccn(Cc2ccc(Cl)cc2)n1. The molecule has 0 aliphatic rings. The van der Waals surface area contributed by atoms with Gasteiger partial charge in [-0.05, 0) is 43.8 Å². The summed E-state index contributed by atoms with van der Waals surface area (Å²) in [6.07, 6.45) is 1.76. The van der Waals surface area contributed by atoms with Gasteiger partial charge in [0.1, 0.15) is 0 Å². The Bertz CT molecular complexity index is 1420. The fraction of sp³-hybridized carbons (Fsp3) is 0.174. The molecule has 0 saturated heterocycles. The van der Waals surface area contributed by atoms with Crippen LogP contribution in [-0.4, -0.2) is 24.7 Å². The van der Waals surface area contributed by atoms with Crippen LogP contribution in [-0.2, 0) is 13.1 Å². The molecule has 4 rings (SSSR count). The molecule has 2 aromatic carbocycles. The Hall–Kier alpha value is -3.51. The molecule has 0 aliphatic carbocycles. The van der Waals surface area contributed by atoms with Crippen LogP contribution in [0, 0.1) is 42.9 Å². The highest BCUT2D eigenvalue weighted by Crippen LogP contribution is 2.26. The Balaban J connectivity index is 1.46. The maximum absolute atomic E-state index is 14.1. The summed E-state index contributed by atoms with van der Waals surface area (Å²) in [7, 11) is 0. The zero-order valence-corrected chi connectivity index (χ0v) is 20.4. The number of nitrogens with zero attached hydrogens (tertiary/aromatic N) is 4. The summed E-state index contributed by atoms with van der Waals surface area (Å²) in [5.74, 6) is -9.57. The summed E-state index contributed by atoms with van der Waals surface area (Å²) in [5, 5.41) is 15.2. The number of halogens is 6. The lowest BCUT2D eigenvalue weighted by Gasteiger charge is -2.11. The molecule has 0 amide bonds. The summed E-state index contributed by atoms with van der Waals surface area (Å²) in [4.78, 5) is 0. The molecule has 0 atom stereocenters. The predicted molar refractivity (Wildman–Crippen MR) is 130 cm³/mol. The van der Waals surface area contributed by atoms with Gasteiger partial charge in [-0.2, -0.15) is 10.2 Å². The quantitative estimate of drug-likeness (QED) is 0.137. The maximum atomic E-state index is 14.1. The molecule has 2 aromatic heterocycles. The van der Waals surface area contributed by atoms with Crippen molar-refractivity contribution in [2.45, 2.75) is 26.9 Å². The second kappa shape index (κ2) is 10.2. The molecule has 2 N–H and O–H groups in total. The van der Waals surface area contributed by atoms with Gasteiger partial charge in [-0.25, -0.2) is 22.0 Å². The van der Waals surface area contributed by atoms with Crippen molar-refractivity contribution in [3.63, 3.8) is 0 Å². The highest BCUT2D eigenvalue weighted by atomic mass is 35.5. The summed E-state index contributed by atoms with van der Waals surface area (Å²) >= 11 is 11.2. The number of aromatic nitrogens is 4. The maximum Gasteiger partial charge on any atom is 0.200 e. The van der Waals surface area contributed by atoms with E-state index in [0.717, 1.165) is 10.2 Å². The van der Waals surface area contributed by atoms with E-state index in [4.69, 9.17) is 23.8 Å².